The Morgan fingerprint density at radius 2 is 2.16 bits per heavy atom. The van der Waals surface area contributed by atoms with Crippen LogP contribution < -0.4 is 4.74 Å². The molecule has 0 amide bonds. The molecule has 1 aliphatic rings. The number of carbonyl (C=O) groups is 1. The zero-order valence-electron chi connectivity index (χ0n) is 13.4. The Morgan fingerprint density at radius 3 is 2.88 bits per heavy atom. The molecule has 0 aliphatic carbocycles. The Balaban J connectivity index is 1.83. The first-order valence-corrected chi connectivity index (χ1v) is 9.50. The molecule has 25 heavy (non-hydrogen) atoms. The molecule has 1 aliphatic heterocycles. The number of aromatic nitrogens is 3. The van der Waals surface area contributed by atoms with E-state index in [2.05, 4.69) is 10.2 Å². The average Bonchev–Trinajstić information content (AvgIpc) is 3.37. The number of cyclic esters (lactones) is 1. The predicted octanol–water partition coefficient (Wildman–Crippen LogP) is 3.41. The number of ether oxygens (including phenoxy) is 2. The molecule has 0 radical (unpaired) electrons. The Bertz CT molecular complexity index is 892. The zero-order chi connectivity index (χ0) is 17.2. The van der Waals surface area contributed by atoms with E-state index in [0.29, 0.717) is 18.2 Å². The van der Waals surface area contributed by atoms with Crippen molar-refractivity contribution in [3.63, 3.8) is 0 Å². The predicted molar refractivity (Wildman–Crippen MR) is 96.4 cm³/mol. The molecule has 3 heterocycles. The Labute approximate surface area is 152 Å². The van der Waals surface area contributed by atoms with Gasteiger partial charge in [-0.1, -0.05) is 30.0 Å². The first-order valence-electron chi connectivity index (χ1n) is 7.74. The topological polar surface area (TPSA) is 66.2 Å². The quantitative estimate of drug-likeness (QED) is 0.639. The van der Waals surface area contributed by atoms with Crippen LogP contribution >= 0.6 is 23.1 Å². The summed E-state index contributed by atoms with van der Waals surface area (Å²) in [6.07, 6.45) is 0.677. The smallest absolute Gasteiger partial charge is 0.319 e. The van der Waals surface area contributed by atoms with Gasteiger partial charge in [-0.2, -0.15) is 0 Å². The van der Waals surface area contributed by atoms with E-state index < -0.39 is 0 Å². The molecule has 6 nitrogen and oxygen atoms in total. The number of para-hydroxylation sites is 2. The summed E-state index contributed by atoms with van der Waals surface area (Å²) in [5, 5.41) is 11.1. The van der Waals surface area contributed by atoms with E-state index in [0.717, 1.165) is 22.1 Å². The van der Waals surface area contributed by atoms with E-state index in [1.807, 2.05) is 46.3 Å². The third-order valence-corrected chi connectivity index (χ3v) is 5.89. The van der Waals surface area contributed by atoms with Gasteiger partial charge < -0.3 is 9.47 Å². The van der Waals surface area contributed by atoms with Crippen molar-refractivity contribution in [2.45, 2.75) is 16.8 Å². The fourth-order valence-corrected chi connectivity index (χ4v) is 4.36. The number of rotatable bonds is 5. The second-order valence-corrected chi connectivity index (χ2v) is 7.47. The standard InChI is InChI=1S/C17H15N3O3S2/c1-22-12-6-3-2-5-11(12)20-15(13-7-4-10-24-13)18-19-17(20)25-14-8-9-23-16(14)21/h2-7,10,14H,8-9H2,1H3/t14-/m1/s1. The van der Waals surface area contributed by atoms with Crippen LogP contribution in [0.1, 0.15) is 6.42 Å². The van der Waals surface area contributed by atoms with Crippen molar-refractivity contribution >= 4 is 29.1 Å². The monoisotopic (exact) mass is 373 g/mol. The lowest BCUT2D eigenvalue weighted by Crippen LogP contribution is -2.11. The van der Waals surface area contributed by atoms with Crippen LogP contribution in [0.25, 0.3) is 16.4 Å². The van der Waals surface area contributed by atoms with E-state index in [4.69, 9.17) is 9.47 Å². The van der Waals surface area contributed by atoms with E-state index in [1.165, 1.54) is 11.8 Å². The van der Waals surface area contributed by atoms with Crippen LogP contribution in [-0.4, -0.2) is 39.7 Å². The number of hydrogen-bond donors (Lipinski definition) is 0. The molecule has 0 N–H and O–H groups in total. The van der Waals surface area contributed by atoms with Crippen LogP contribution in [-0.2, 0) is 9.53 Å². The number of thioether (sulfide) groups is 1. The van der Waals surface area contributed by atoms with Crippen LogP contribution in [0.5, 0.6) is 5.75 Å². The van der Waals surface area contributed by atoms with Crippen LogP contribution in [0, 0.1) is 0 Å². The van der Waals surface area contributed by atoms with Crippen molar-refractivity contribution in [3.8, 4) is 22.1 Å². The molecule has 1 fully saturated rings. The molecule has 1 aromatic carbocycles. The molecular formula is C17H15N3O3S2. The summed E-state index contributed by atoms with van der Waals surface area (Å²) in [7, 11) is 1.63. The molecular weight excluding hydrogens is 358 g/mol. The number of carbonyl (C=O) groups excluding carboxylic acids is 1. The van der Waals surface area contributed by atoms with Crippen LogP contribution in [0.15, 0.2) is 46.9 Å². The number of nitrogens with zero attached hydrogens (tertiary/aromatic N) is 3. The molecule has 0 spiro atoms. The minimum absolute atomic E-state index is 0.197. The third-order valence-electron chi connectivity index (χ3n) is 3.84. The molecule has 1 atom stereocenters. The lowest BCUT2D eigenvalue weighted by atomic mass is 10.3. The van der Waals surface area contributed by atoms with Crippen molar-refractivity contribution in [2.75, 3.05) is 13.7 Å². The Hall–Kier alpha value is -2.32. The highest BCUT2D eigenvalue weighted by molar-refractivity contribution is 8.00. The minimum Gasteiger partial charge on any atom is -0.495 e. The van der Waals surface area contributed by atoms with Gasteiger partial charge in [0.05, 0.1) is 24.3 Å². The van der Waals surface area contributed by atoms with Crippen molar-refractivity contribution < 1.29 is 14.3 Å². The van der Waals surface area contributed by atoms with Crippen molar-refractivity contribution in [1.82, 2.24) is 14.8 Å². The molecule has 4 rings (SSSR count). The third kappa shape index (κ3) is 3.03. The summed E-state index contributed by atoms with van der Waals surface area (Å²) in [4.78, 5) is 12.9. The second kappa shape index (κ2) is 6.89. The fraction of sp³-hybridized carbons (Fsp3) is 0.235. The van der Waals surface area contributed by atoms with Gasteiger partial charge in [0.15, 0.2) is 11.0 Å². The lowest BCUT2D eigenvalue weighted by molar-refractivity contribution is -0.137. The summed E-state index contributed by atoms with van der Waals surface area (Å²) in [6, 6.07) is 11.7. The van der Waals surface area contributed by atoms with E-state index >= 15 is 0 Å². The van der Waals surface area contributed by atoms with E-state index in [1.54, 1.807) is 18.4 Å². The van der Waals surface area contributed by atoms with Gasteiger partial charge in [0.1, 0.15) is 11.0 Å². The molecule has 3 aromatic rings. The highest BCUT2D eigenvalue weighted by Crippen LogP contribution is 2.36. The normalized spacial score (nSPS) is 16.8. The molecule has 8 heteroatoms. The summed E-state index contributed by atoms with van der Waals surface area (Å²) < 4.78 is 12.5. The van der Waals surface area contributed by atoms with Crippen LogP contribution in [0.2, 0.25) is 0 Å². The highest BCUT2D eigenvalue weighted by atomic mass is 32.2. The molecule has 0 bridgehead atoms. The van der Waals surface area contributed by atoms with Crippen molar-refractivity contribution in [3.05, 3.63) is 41.8 Å². The maximum Gasteiger partial charge on any atom is 0.319 e. The highest BCUT2D eigenvalue weighted by Gasteiger charge is 2.31. The number of methoxy groups -OCH3 is 1. The van der Waals surface area contributed by atoms with Gasteiger partial charge in [-0.3, -0.25) is 9.36 Å². The van der Waals surface area contributed by atoms with Crippen LogP contribution in [0.3, 0.4) is 0 Å². The Morgan fingerprint density at radius 1 is 1.28 bits per heavy atom. The summed E-state index contributed by atoms with van der Waals surface area (Å²) >= 11 is 2.97. The van der Waals surface area contributed by atoms with Gasteiger partial charge in [0.2, 0.25) is 0 Å². The Kier molecular flexibility index (Phi) is 4.46. The first-order chi connectivity index (χ1) is 12.3. The maximum atomic E-state index is 11.9. The number of hydrogen-bond acceptors (Lipinski definition) is 7. The molecule has 2 aromatic heterocycles. The minimum atomic E-state index is -0.256. The second-order valence-electron chi connectivity index (χ2n) is 5.35. The first kappa shape index (κ1) is 16.2. The summed E-state index contributed by atoms with van der Waals surface area (Å²) in [6.45, 7) is 0.455. The largest absolute Gasteiger partial charge is 0.495 e. The summed E-state index contributed by atoms with van der Waals surface area (Å²) in [5.41, 5.74) is 0.840. The van der Waals surface area contributed by atoms with Crippen molar-refractivity contribution in [2.24, 2.45) is 0 Å². The molecule has 128 valence electrons. The summed E-state index contributed by atoms with van der Waals surface area (Å²) in [5.74, 6) is 1.25. The number of thiophene rings is 1. The van der Waals surface area contributed by atoms with Gasteiger partial charge in [0.25, 0.3) is 0 Å². The number of benzene rings is 1. The zero-order valence-corrected chi connectivity index (χ0v) is 15.0. The fourth-order valence-electron chi connectivity index (χ4n) is 2.65. The van der Waals surface area contributed by atoms with Gasteiger partial charge in [0, 0.05) is 6.42 Å². The molecule has 0 unspecified atom stereocenters. The SMILES string of the molecule is COc1ccccc1-n1c(S[C@@H]2CCOC2=O)nnc1-c1cccs1. The van der Waals surface area contributed by atoms with Gasteiger partial charge in [-0.25, -0.2) is 0 Å². The van der Waals surface area contributed by atoms with Crippen molar-refractivity contribution in [1.29, 1.82) is 0 Å². The lowest BCUT2D eigenvalue weighted by Gasteiger charge is -2.14. The van der Waals surface area contributed by atoms with Gasteiger partial charge >= 0.3 is 5.97 Å². The van der Waals surface area contributed by atoms with Crippen LogP contribution in [0.4, 0.5) is 0 Å². The van der Waals surface area contributed by atoms with E-state index in [-0.39, 0.29) is 11.2 Å². The number of esters is 1. The van der Waals surface area contributed by atoms with E-state index in [9.17, 15) is 4.79 Å². The molecule has 0 saturated carbocycles. The molecule has 1 saturated heterocycles. The van der Waals surface area contributed by atoms with Gasteiger partial charge in [-0.05, 0) is 23.6 Å². The average molecular weight is 373 g/mol. The maximum absolute atomic E-state index is 11.9. The van der Waals surface area contributed by atoms with Gasteiger partial charge in [-0.15, -0.1) is 21.5 Å².